The van der Waals surface area contributed by atoms with E-state index < -0.39 is 0 Å². The number of ketones is 2. The van der Waals surface area contributed by atoms with Crippen molar-refractivity contribution in [2.24, 2.45) is 11.8 Å². The highest BCUT2D eigenvalue weighted by Gasteiger charge is 2.36. The lowest BCUT2D eigenvalue weighted by molar-refractivity contribution is -0.126. The number of allylic oxidation sites excluding steroid dienone is 4. The van der Waals surface area contributed by atoms with E-state index in [1.807, 2.05) is 0 Å². The molecule has 0 bridgehead atoms. The van der Waals surface area contributed by atoms with Crippen molar-refractivity contribution in [1.82, 2.24) is 0 Å². The van der Waals surface area contributed by atoms with Gasteiger partial charge in [-0.2, -0.15) is 0 Å². The summed E-state index contributed by atoms with van der Waals surface area (Å²) in [6.07, 6.45) is 6.31. The first-order chi connectivity index (χ1) is 4.79. The molecule has 0 radical (unpaired) electrons. The van der Waals surface area contributed by atoms with Gasteiger partial charge in [-0.3, -0.25) is 9.59 Å². The summed E-state index contributed by atoms with van der Waals surface area (Å²) in [5.74, 6) is -0.130. The van der Waals surface area contributed by atoms with E-state index >= 15 is 0 Å². The van der Waals surface area contributed by atoms with Crippen molar-refractivity contribution in [1.29, 1.82) is 0 Å². The molecule has 0 spiro atoms. The van der Waals surface area contributed by atoms with Crippen LogP contribution in [0.1, 0.15) is 0 Å². The largest absolute Gasteiger partial charge is 0.294 e. The van der Waals surface area contributed by atoms with Gasteiger partial charge in [0, 0.05) is 0 Å². The van der Waals surface area contributed by atoms with Crippen LogP contribution >= 0.6 is 0 Å². The Morgan fingerprint density at radius 2 is 1.30 bits per heavy atom. The third kappa shape index (κ3) is 0.533. The van der Waals surface area contributed by atoms with Crippen molar-refractivity contribution in [3.63, 3.8) is 0 Å². The molecule has 2 nitrogen and oxygen atoms in total. The minimum Gasteiger partial charge on any atom is -0.294 e. The van der Waals surface area contributed by atoms with E-state index in [9.17, 15) is 9.59 Å². The summed E-state index contributed by atoms with van der Waals surface area (Å²) in [4.78, 5) is 21.8. The molecule has 0 amide bonds. The Bertz CT molecular complexity index is 234. The molecule has 0 unspecified atom stereocenters. The fourth-order valence-electron chi connectivity index (χ4n) is 1.26. The fraction of sp³-hybridized carbons (Fsp3) is 0.250. The minimum atomic E-state index is -0.127. The van der Waals surface area contributed by atoms with Gasteiger partial charge in [0.2, 0.25) is 0 Å². The van der Waals surface area contributed by atoms with Gasteiger partial charge in [0.1, 0.15) is 0 Å². The number of fused-ring (bicyclic) bond motifs is 1. The molecule has 2 atom stereocenters. The Morgan fingerprint density at radius 1 is 0.900 bits per heavy atom. The number of hydrogen-bond acceptors (Lipinski definition) is 2. The normalized spacial score (nSPS) is 35.6. The van der Waals surface area contributed by atoms with Crippen LogP contribution in [0, 0.1) is 11.8 Å². The maximum absolute atomic E-state index is 10.9. The molecule has 0 heterocycles. The lowest BCUT2D eigenvalue weighted by Crippen LogP contribution is -2.34. The molecule has 0 aliphatic heterocycles. The fourth-order valence-corrected chi connectivity index (χ4v) is 1.26. The van der Waals surface area contributed by atoms with Crippen LogP contribution in [0.2, 0.25) is 0 Å². The summed E-state index contributed by atoms with van der Waals surface area (Å²) in [5.41, 5.74) is 0. The molecule has 50 valence electrons. The lowest BCUT2D eigenvalue weighted by Gasteiger charge is -2.27. The highest BCUT2D eigenvalue weighted by atomic mass is 16.1. The molecule has 2 aliphatic rings. The second kappa shape index (κ2) is 1.66. The zero-order valence-corrected chi connectivity index (χ0v) is 5.28. The second-order valence-corrected chi connectivity index (χ2v) is 2.57. The van der Waals surface area contributed by atoms with Gasteiger partial charge in [-0.15, -0.1) is 0 Å². The van der Waals surface area contributed by atoms with Crippen molar-refractivity contribution in [3.8, 4) is 0 Å². The first-order valence-corrected chi connectivity index (χ1v) is 3.23. The SMILES string of the molecule is O=C1C=CC(=O)[C@H]2C=C[C@H]12. The molecule has 0 fully saturated rings. The average Bonchev–Trinajstić information content (AvgIpc) is 1.78. The topological polar surface area (TPSA) is 34.1 Å². The van der Waals surface area contributed by atoms with E-state index in [0.29, 0.717) is 0 Å². The predicted octanol–water partition coefficient (Wildman–Crippen LogP) is 0.497. The summed E-state index contributed by atoms with van der Waals surface area (Å²) in [5, 5.41) is 0. The third-order valence-corrected chi connectivity index (χ3v) is 1.98. The molecule has 0 N–H and O–H groups in total. The van der Waals surface area contributed by atoms with Crippen molar-refractivity contribution in [2.75, 3.05) is 0 Å². The first kappa shape index (κ1) is 5.59. The van der Waals surface area contributed by atoms with Gasteiger partial charge in [-0.05, 0) is 12.2 Å². The Hall–Kier alpha value is -1.18. The van der Waals surface area contributed by atoms with Crippen molar-refractivity contribution < 1.29 is 9.59 Å². The molecule has 10 heavy (non-hydrogen) atoms. The van der Waals surface area contributed by atoms with Crippen LogP contribution in [0.4, 0.5) is 0 Å². The molecule has 2 aliphatic carbocycles. The molecule has 0 aromatic rings. The van der Waals surface area contributed by atoms with Gasteiger partial charge in [0.15, 0.2) is 11.6 Å². The average molecular weight is 134 g/mol. The van der Waals surface area contributed by atoms with E-state index in [0.717, 1.165) is 0 Å². The van der Waals surface area contributed by atoms with Gasteiger partial charge < -0.3 is 0 Å². The maximum Gasteiger partial charge on any atom is 0.163 e. The van der Waals surface area contributed by atoms with E-state index in [2.05, 4.69) is 0 Å². The van der Waals surface area contributed by atoms with Crippen LogP contribution in [0.5, 0.6) is 0 Å². The third-order valence-electron chi connectivity index (χ3n) is 1.98. The summed E-state index contributed by atoms with van der Waals surface area (Å²) in [6.45, 7) is 0. The van der Waals surface area contributed by atoms with Crippen molar-refractivity contribution in [2.45, 2.75) is 0 Å². The van der Waals surface area contributed by atoms with Gasteiger partial charge in [0.25, 0.3) is 0 Å². The highest BCUT2D eigenvalue weighted by Crippen LogP contribution is 2.30. The van der Waals surface area contributed by atoms with Gasteiger partial charge in [-0.25, -0.2) is 0 Å². The Kier molecular flexibility index (Phi) is 0.926. The van der Waals surface area contributed by atoms with E-state index in [4.69, 9.17) is 0 Å². The van der Waals surface area contributed by atoms with Crippen molar-refractivity contribution in [3.05, 3.63) is 24.3 Å². The standard InChI is InChI=1S/C8H6O2/c9-7-3-4-8(10)6-2-1-5(6)7/h1-6H/t5-,6-/m0/s1. The van der Waals surface area contributed by atoms with Crippen LogP contribution in [0.25, 0.3) is 0 Å². The molecule has 0 aromatic carbocycles. The van der Waals surface area contributed by atoms with Crippen molar-refractivity contribution >= 4 is 11.6 Å². The summed E-state index contributed by atoms with van der Waals surface area (Å²) < 4.78 is 0. The van der Waals surface area contributed by atoms with E-state index in [1.165, 1.54) is 12.2 Å². The number of carbonyl (C=O) groups excluding carboxylic acids is 2. The monoisotopic (exact) mass is 134 g/mol. The zero-order chi connectivity index (χ0) is 7.14. The quantitative estimate of drug-likeness (QED) is 0.452. The molecular formula is C8H6O2. The van der Waals surface area contributed by atoms with E-state index in [1.54, 1.807) is 12.2 Å². The van der Waals surface area contributed by atoms with Crippen LogP contribution in [0.15, 0.2) is 24.3 Å². The minimum absolute atomic E-state index is 0.0621. The summed E-state index contributed by atoms with van der Waals surface area (Å²) >= 11 is 0. The summed E-state index contributed by atoms with van der Waals surface area (Å²) in [7, 11) is 0. The predicted molar refractivity (Wildman–Crippen MR) is 35.3 cm³/mol. The van der Waals surface area contributed by atoms with Gasteiger partial charge in [0.05, 0.1) is 11.8 Å². The molecule has 2 rings (SSSR count). The lowest BCUT2D eigenvalue weighted by atomic mass is 9.73. The van der Waals surface area contributed by atoms with Crippen LogP contribution < -0.4 is 0 Å². The Morgan fingerprint density at radius 3 is 1.60 bits per heavy atom. The Balaban J connectivity index is 2.39. The molecule has 0 aromatic heterocycles. The number of hydrogen-bond donors (Lipinski definition) is 0. The molecule has 0 saturated carbocycles. The smallest absolute Gasteiger partial charge is 0.163 e. The zero-order valence-electron chi connectivity index (χ0n) is 5.28. The summed E-state index contributed by atoms with van der Waals surface area (Å²) in [6, 6.07) is 0. The van der Waals surface area contributed by atoms with E-state index in [-0.39, 0.29) is 23.4 Å². The van der Waals surface area contributed by atoms with Gasteiger partial charge in [-0.1, -0.05) is 12.2 Å². The molecular weight excluding hydrogens is 128 g/mol. The van der Waals surface area contributed by atoms with Crippen LogP contribution in [-0.2, 0) is 9.59 Å². The van der Waals surface area contributed by atoms with Crippen LogP contribution in [-0.4, -0.2) is 11.6 Å². The molecule has 2 heteroatoms. The number of rotatable bonds is 0. The first-order valence-electron chi connectivity index (χ1n) is 3.23. The Labute approximate surface area is 58.2 Å². The number of carbonyl (C=O) groups is 2. The highest BCUT2D eigenvalue weighted by molar-refractivity contribution is 6.10. The molecule has 0 saturated heterocycles. The second-order valence-electron chi connectivity index (χ2n) is 2.57. The van der Waals surface area contributed by atoms with Gasteiger partial charge >= 0.3 is 0 Å². The van der Waals surface area contributed by atoms with Crippen LogP contribution in [0.3, 0.4) is 0 Å². The maximum atomic E-state index is 10.9.